The van der Waals surface area contributed by atoms with Crippen molar-refractivity contribution in [1.82, 2.24) is 0 Å². The second-order valence-corrected chi connectivity index (χ2v) is 7.87. The molecule has 3 rings (SSSR count). The zero-order valence-electron chi connectivity index (χ0n) is 16.3. The third-order valence-corrected chi connectivity index (χ3v) is 5.69. The van der Waals surface area contributed by atoms with E-state index in [1.807, 2.05) is 0 Å². The van der Waals surface area contributed by atoms with Gasteiger partial charge >= 0.3 is 5.97 Å². The molecule has 1 N–H and O–H groups in total. The van der Waals surface area contributed by atoms with Crippen molar-refractivity contribution in [3.8, 4) is 11.5 Å². The maximum absolute atomic E-state index is 13.0. The first-order chi connectivity index (χ1) is 14.3. The summed E-state index contributed by atoms with van der Waals surface area (Å²) in [5.41, 5.74) is 1.08. The Morgan fingerprint density at radius 2 is 1.90 bits per heavy atom. The van der Waals surface area contributed by atoms with Gasteiger partial charge in [0.2, 0.25) is 0 Å². The van der Waals surface area contributed by atoms with Crippen LogP contribution in [0.2, 0.25) is 0 Å². The van der Waals surface area contributed by atoms with Crippen molar-refractivity contribution in [2.45, 2.75) is 6.92 Å². The van der Waals surface area contributed by atoms with Gasteiger partial charge in [0.1, 0.15) is 5.56 Å². The van der Waals surface area contributed by atoms with E-state index in [2.05, 4.69) is 0 Å². The lowest BCUT2D eigenvalue weighted by Gasteiger charge is -2.15. The lowest BCUT2D eigenvalue weighted by Crippen LogP contribution is -2.27. The van der Waals surface area contributed by atoms with Crippen LogP contribution >= 0.6 is 24.0 Å². The summed E-state index contributed by atoms with van der Waals surface area (Å²) < 4.78 is 10.7. The van der Waals surface area contributed by atoms with Gasteiger partial charge in [-0.15, -0.1) is 0 Å². The molecule has 1 heterocycles. The van der Waals surface area contributed by atoms with E-state index in [9.17, 15) is 19.5 Å². The molecular weight excluding hydrogens is 426 g/mol. The predicted molar refractivity (Wildman–Crippen MR) is 119 cm³/mol. The minimum absolute atomic E-state index is 0.0587. The Hall–Kier alpha value is -3.17. The molecule has 1 saturated heterocycles. The van der Waals surface area contributed by atoms with Crippen LogP contribution in [0.1, 0.15) is 33.2 Å². The number of benzene rings is 2. The van der Waals surface area contributed by atoms with E-state index in [0.717, 1.165) is 11.8 Å². The molecule has 2 aromatic carbocycles. The van der Waals surface area contributed by atoms with E-state index in [4.69, 9.17) is 21.7 Å². The Balaban J connectivity index is 2.05. The number of anilines is 1. The van der Waals surface area contributed by atoms with E-state index in [-0.39, 0.29) is 37.6 Å². The van der Waals surface area contributed by atoms with Crippen molar-refractivity contribution in [2.24, 2.45) is 0 Å². The number of rotatable bonds is 6. The van der Waals surface area contributed by atoms with E-state index in [0.29, 0.717) is 11.3 Å². The second kappa shape index (κ2) is 8.68. The number of aromatic carboxylic acids is 1. The van der Waals surface area contributed by atoms with Gasteiger partial charge in [-0.3, -0.25) is 14.5 Å². The quantitative estimate of drug-likeness (QED) is 0.407. The molecule has 0 unspecified atom stereocenters. The molecule has 9 heteroatoms. The number of thiocarbonyl (C=S) groups is 1. The van der Waals surface area contributed by atoms with Crippen molar-refractivity contribution in [2.75, 3.05) is 19.1 Å². The molecule has 2 aromatic rings. The highest BCUT2D eigenvalue weighted by atomic mass is 32.2. The molecule has 0 radical (unpaired) electrons. The molecule has 0 spiro atoms. The number of carbonyl (C=O) groups is 3. The number of hydrogen-bond donors (Lipinski definition) is 1. The number of nitrogens with zero attached hydrogens (tertiary/aromatic N) is 1. The van der Waals surface area contributed by atoms with Gasteiger partial charge < -0.3 is 14.6 Å². The normalized spacial score (nSPS) is 14.9. The monoisotopic (exact) mass is 443 g/mol. The molecule has 7 nitrogen and oxygen atoms in total. The van der Waals surface area contributed by atoms with Gasteiger partial charge in [0.15, 0.2) is 21.6 Å². The number of hydrogen-bond acceptors (Lipinski definition) is 7. The van der Waals surface area contributed by atoms with Gasteiger partial charge in [-0.1, -0.05) is 42.2 Å². The Labute approximate surface area is 182 Å². The van der Waals surface area contributed by atoms with Gasteiger partial charge in [0, 0.05) is 5.56 Å². The summed E-state index contributed by atoms with van der Waals surface area (Å²) in [5.74, 6) is -1.43. The van der Waals surface area contributed by atoms with E-state index in [1.54, 1.807) is 30.3 Å². The number of carboxylic acid groups (broad SMARTS) is 1. The number of carboxylic acids is 1. The summed E-state index contributed by atoms with van der Waals surface area (Å²) in [7, 11) is 2.75. The number of ether oxygens (including phenoxy) is 2. The Bertz CT molecular complexity index is 1110. The summed E-state index contributed by atoms with van der Waals surface area (Å²) in [5, 5.41) is 9.68. The van der Waals surface area contributed by atoms with E-state index in [1.165, 1.54) is 38.2 Å². The van der Waals surface area contributed by atoms with Gasteiger partial charge in [0.05, 0.1) is 24.8 Å². The molecular formula is C21H17NO6S2. The van der Waals surface area contributed by atoms with Crippen molar-refractivity contribution < 1.29 is 29.0 Å². The largest absolute Gasteiger partial charge is 0.493 e. The van der Waals surface area contributed by atoms with Crippen molar-refractivity contribution in [1.29, 1.82) is 0 Å². The first-order valence-corrected chi connectivity index (χ1v) is 9.88. The Kier molecular flexibility index (Phi) is 6.23. The van der Waals surface area contributed by atoms with Gasteiger partial charge in [0.25, 0.3) is 5.91 Å². The van der Waals surface area contributed by atoms with Gasteiger partial charge in [-0.2, -0.15) is 0 Å². The Morgan fingerprint density at radius 3 is 2.50 bits per heavy atom. The van der Waals surface area contributed by atoms with Crippen LogP contribution in [0, 0.1) is 0 Å². The van der Waals surface area contributed by atoms with Crippen molar-refractivity contribution >= 4 is 57.7 Å². The topological polar surface area (TPSA) is 93.1 Å². The summed E-state index contributed by atoms with van der Waals surface area (Å²) in [6.07, 6.45) is 1.46. The molecule has 1 aliphatic heterocycles. The molecule has 0 aliphatic carbocycles. The average Bonchev–Trinajstić information content (AvgIpc) is 3.00. The highest BCUT2D eigenvalue weighted by Crippen LogP contribution is 2.39. The highest BCUT2D eigenvalue weighted by molar-refractivity contribution is 8.27. The number of carbonyl (C=O) groups excluding carboxylic acids is 2. The highest BCUT2D eigenvalue weighted by Gasteiger charge is 2.34. The van der Waals surface area contributed by atoms with Gasteiger partial charge in [-0.05, 0) is 36.8 Å². The molecule has 1 amide bonds. The maximum Gasteiger partial charge on any atom is 0.340 e. The third kappa shape index (κ3) is 3.94. The summed E-state index contributed by atoms with van der Waals surface area (Å²) in [4.78, 5) is 38.1. The fourth-order valence-corrected chi connectivity index (χ4v) is 4.27. The number of Topliss-reactive ketones (excluding diaryl/α,β-unsaturated/α-hetero) is 1. The first-order valence-electron chi connectivity index (χ1n) is 8.65. The molecule has 0 atom stereocenters. The van der Waals surface area contributed by atoms with Crippen LogP contribution in [0.15, 0.2) is 41.3 Å². The average molecular weight is 444 g/mol. The zero-order valence-corrected chi connectivity index (χ0v) is 17.9. The molecule has 0 bridgehead atoms. The molecule has 0 aromatic heterocycles. The number of thioether (sulfide) groups is 1. The fraction of sp³-hybridized carbons (Fsp3) is 0.143. The number of methoxy groups -OCH3 is 2. The lowest BCUT2D eigenvalue weighted by atomic mass is 10.0. The lowest BCUT2D eigenvalue weighted by molar-refractivity contribution is -0.113. The molecule has 154 valence electrons. The smallest absolute Gasteiger partial charge is 0.340 e. The van der Waals surface area contributed by atoms with Crippen LogP contribution in [0.5, 0.6) is 11.5 Å². The van der Waals surface area contributed by atoms with Gasteiger partial charge in [-0.25, -0.2) is 4.79 Å². The van der Waals surface area contributed by atoms with Crippen LogP contribution in [-0.4, -0.2) is 41.3 Å². The van der Waals surface area contributed by atoms with Crippen molar-refractivity contribution in [3.05, 3.63) is 58.0 Å². The summed E-state index contributed by atoms with van der Waals surface area (Å²) >= 11 is 6.40. The summed E-state index contributed by atoms with van der Waals surface area (Å²) in [6, 6.07) is 9.70. The summed E-state index contributed by atoms with van der Waals surface area (Å²) in [6.45, 7) is 1.44. The minimum Gasteiger partial charge on any atom is -0.493 e. The van der Waals surface area contributed by atoms with Crippen LogP contribution < -0.4 is 14.4 Å². The van der Waals surface area contributed by atoms with Crippen LogP contribution in [0.25, 0.3) is 6.08 Å². The molecule has 30 heavy (non-hydrogen) atoms. The van der Waals surface area contributed by atoms with Crippen LogP contribution in [0.3, 0.4) is 0 Å². The number of amides is 1. The molecule has 1 aliphatic rings. The van der Waals surface area contributed by atoms with E-state index < -0.39 is 11.9 Å². The SMILES string of the molecule is COc1ccc(/C=C2/SC(=S)N(c3cccc(C(C)=O)c3)C2=O)c(C(=O)O)c1OC. The molecule has 0 saturated carbocycles. The predicted octanol–water partition coefficient (Wildman–Crippen LogP) is 4.01. The minimum atomic E-state index is -1.22. The van der Waals surface area contributed by atoms with Crippen LogP contribution in [-0.2, 0) is 4.79 Å². The zero-order chi connectivity index (χ0) is 22.0. The number of ketones is 1. The third-order valence-electron chi connectivity index (χ3n) is 4.38. The van der Waals surface area contributed by atoms with Crippen molar-refractivity contribution in [3.63, 3.8) is 0 Å². The van der Waals surface area contributed by atoms with Crippen LogP contribution in [0.4, 0.5) is 5.69 Å². The first kappa shape index (κ1) is 21.5. The van der Waals surface area contributed by atoms with E-state index >= 15 is 0 Å². The molecule has 1 fully saturated rings. The second-order valence-electron chi connectivity index (χ2n) is 6.19. The fourth-order valence-electron chi connectivity index (χ4n) is 2.98. The standard InChI is InChI=1S/C21H17NO6S2/c1-11(23)12-5-4-6-14(9-12)22-19(24)16(30-21(22)29)10-13-7-8-15(27-2)18(28-3)17(13)20(25)26/h4-10H,1-3H3,(H,25,26)/b16-10+. The Morgan fingerprint density at radius 1 is 1.17 bits per heavy atom. The maximum atomic E-state index is 13.0.